The van der Waals surface area contributed by atoms with Gasteiger partial charge < -0.3 is 24.9 Å². The number of rotatable bonds is 18. The van der Waals surface area contributed by atoms with E-state index in [1.165, 1.54) is 12.1 Å². The number of fused-ring (bicyclic) bond motifs is 2. The quantitative estimate of drug-likeness (QED) is 0.0450. The van der Waals surface area contributed by atoms with Crippen LogP contribution >= 0.6 is 0 Å². The molecule has 0 spiro atoms. The Balaban J connectivity index is 1.53. The van der Waals surface area contributed by atoms with Gasteiger partial charge in [0.05, 0.1) is 24.8 Å². The van der Waals surface area contributed by atoms with Crippen molar-refractivity contribution in [3.63, 3.8) is 0 Å². The maximum atomic E-state index is 14.2. The summed E-state index contributed by atoms with van der Waals surface area (Å²) in [6, 6.07) is 10.5. The molecule has 1 heterocycles. The molecule has 4 N–H and O–H groups in total. The van der Waals surface area contributed by atoms with Gasteiger partial charge in [0.15, 0.2) is 0 Å². The number of hydrogen-bond donors (Lipinski definition) is 4. The molecule has 2 aliphatic rings. The number of carbonyl (C=O) groups excluding carboxylic acids is 1. The number of amides is 1. The largest absolute Gasteiger partial charge is 0.478 e. The van der Waals surface area contributed by atoms with Crippen LogP contribution in [0.1, 0.15) is 52.1 Å². The second-order valence-electron chi connectivity index (χ2n) is 14.2. The van der Waals surface area contributed by atoms with E-state index in [4.69, 9.17) is 4.42 Å². The minimum Gasteiger partial charge on any atom is -0.478 e. The molecular weight excluding hydrogens is 913 g/mol. The van der Waals surface area contributed by atoms with Gasteiger partial charge in [0.25, 0.3) is 5.91 Å². The topological polar surface area (TPSA) is 115 Å². The van der Waals surface area contributed by atoms with Crippen molar-refractivity contribution in [3.8, 4) is 22.5 Å². The molecular formula is C39H35F17N3O5+. The van der Waals surface area contributed by atoms with E-state index >= 15 is 0 Å². The summed E-state index contributed by atoms with van der Waals surface area (Å²) in [6.45, 7) is 4.90. The summed E-state index contributed by atoms with van der Waals surface area (Å²) in [4.78, 5) is 28.9. The first-order chi connectivity index (χ1) is 29.2. The molecule has 354 valence electrons. The van der Waals surface area contributed by atoms with Crippen molar-refractivity contribution in [3.05, 3.63) is 70.1 Å². The lowest BCUT2D eigenvalue weighted by Crippen LogP contribution is -2.76. The van der Waals surface area contributed by atoms with Crippen molar-refractivity contribution < 1.29 is 103 Å². The molecule has 1 aliphatic carbocycles. The van der Waals surface area contributed by atoms with Gasteiger partial charge in [0.2, 0.25) is 5.36 Å². The molecule has 0 aromatic heterocycles. The van der Waals surface area contributed by atoms with Crippen LogP contribution < -0.4 is 21.0 Å². The van der Waals surface area contributed by atoms with Crippen LogP contribution in [0.3, 0.4) is 0 Å². The van der Waals surface area contributed by atoms with Crippen LogP contribution in [0.2, 0.25) is 0 Å². The molecule has 4 rings (SSSR count). The number of aryl methyl sites for hydroxylation is 2. The fourth-order valence-corrected chi connectivity index (χ4v) is 6.33. The van der Waals surface area contributed by atoms with Crippen LogP contribution in [0, 0.1) is 13.8 Å². The Kier molecular flexibility index (Phi) is 14.1. The summed E-state index contributed by atoms with van der Waals surface area (Å²) in [6.07, 6.45) is -10.6. The Hall–Kier alpha value is -5.36. The van der Waals surface area contributed by atoms with Gasteiger partial charge >= 0.3 is 53.6 Å². The first-order valence-electron chi connectivity index (χ1n) is 18.5. The number of carbonyl (C=O) groups is 2. The highest BCUT2D eigenvalue weighted by atomic mass is 19.4. The molecule has 0 atom stereocenters. The number of nitrogens with one attached hydrogen (secondary N) is 3. The van der Waals surface area contributed by atoms with Gasteiger partial charge in [-0.1, -0.05) is 6.07 Å². The maximum absolute atomic E-state index is 14.2. The molecule has 2 aromatic carbocycles. The lowest BCUT2D eigenvalue weighted by molar-refractivity contribution is -0.496. The fraction of sp³-hybridized carbons (Fsp3) is 0.462. The van der Waals surface area contributed by atoms with E-state index < -0.39 is 91.3 Å². The van der Waals surface area contributed by atoms with E-state index in [1.807, 2.05) is 13.8 Å². The number of carboxylic acids is 1. The number of benzene rings is 3. The zero-order valence-electron chi connectivity index (χ0n) is 33.3. The molecule has 0 saturated carbocycles. The molecule has 1 aliphatic heterocycles. The van der Waals surface area contributed by atoms with Crippen LogP contribution in [-0.4, -0.2) is 97.5 Å². The van der Waals surface area contributed by atoms with E-state index in [9.17, 15) is 89.3 Å². The van der Waals surface area contributed by atoms with Gasteiger partial charge in [-0.2, -0.15) is 74.6 Å². The average Bonchev–Trinajstić information content (AvgIpc) is 3.18. The smallest absolute Gasteiger partial charge is 0.460 e. The van der Waals surface area contributed by atoms with Crippen molar-refractivity contribution in [2.24, 2.45) is 0 Å². The summed E-state index contributed by atoms with van der Waals surface area (Å²) < 4.78 is 241. The Bertz CT molecular complexity index is 2430. The lowest BCUT2D eigenvalue weighted by atomic mass is 9.88. The van der Waals surface area contributed by atoms with Gasteiger partial charge in [0, 0.05) is 58.9 Å². The number of ether oxygens (including phenoxy) is 1. The highest BCUT2D eigenvalue weighted by molar-refractivity contribution is 6.09. The molecule has 0 fully saturated rings. The van der Waals surface area contributed by atoms with E-state index in [1.54, 1.807) is 38.1 Å². The van der Waals surface area contributed by atoms with Crippen molar-refractivity contribution in [2.75, 3.05) is 38.2 Å². The number of carboxylic acid groups (broad SMARTS) is 1. The number of anilines is 1. The van der Waals surface area contributed by atoms with Gasteiger partial charge in [-0.25, -0.2) is 9.79 Å². The number of alkyl halides is 17. The zero-order chi connectivity index (χ0) is 48.8. The molecule has 2 aromatic rings. The normalized spacial score (nSPS) is 14.1. The summed E-state index contributed by atoms with van der Waals surface area (Å²) in [7, 11) is 0. The lowest BCUT2D eigenvalue weighted by Gasteiger charge is -2.42. The number of hydrogen-bond acceptors (Lipinski definition) is 5. The standard InChI is InChI=1S/C39H34F17N3O5/c1-5-57-25-16-27-23(13-18(25)3)29(24-14-19(4)26(58-6-2)17-28(24)64-27)21-8-7-20(15-22(21)31(61)62)30(60)59-10-12-63-11-9-32(40,41)33(42,43)34(44,45)35(46,47)36(48,49)37(50,51)38(52,53)39(54,55)56/h7-8,13-17,57H,5-6,9-12H2,1-4H3,(H,59,60)(H,61,62)/p+1. The molecule has 1 amide bonds. The van der Waals surface area contributed by atoms with E-state index in [-0.39, 0.29) is 11.1 Å². The number of halogens is 17. The molecule has 25 heteroatoms. The van der Waals surface area contributed by atoms with E-state index in [0.29, 0.717) is 40.9 Å². The van der Waals surface area contributed by atoms with Gasteiger partial charge in [0.1, 0.15) is 17.9 Å². The van der Waals surface area contributed by atoms with Gasteiger partial charge in [-0.3, -0.25) is 4.79 Å². The second kappa shape index (κ2) is 17.6. The summed E-state index contributed by atoms with van der Waals surface area (Å²) in [5, 5.41) is 16.9. The third-order valence-corrected chi connectivity index (χ3v) is 9.81. The maximum Gasteiger partial charge on any atom is 0.460 e. The van der Waals surface area contributed by atoms with Crippen molar-refractivity contribution in [1.82, 2.24) is 5.32 Å². The summed E-state index contributed by atoms with van der Waals surface area (Å²) in [5.41, 5.74) is 2.92. The number of aromatic carboxylic acids is 1. The van der Waals surface area contributed by atoms with Crippen LogP contribution in [0.25, 0.3) is 33.4 Å². The molecule has 0 bridgehead atoms. The first-order valence-corrected chi connectivity index (χ1v) is 18.5. The Morgan fingerprint density at radius 2 is 1.28 bits per heavy atom. The minimum atomic E-state index is -8.73. The van der Waals surface area contributed by atoms with Crippen LogP contribution in [0.15, 0.2) is 46.9 Å². The monoisotopic (exact) mass is 948 g/mol. The fourth-order valence-electron chi connectivity index (χ4n) is 6.33. The zero-order valence-corrected chi connectivity index (χ0v) is 33.3. The minimum absolute atomic E-state index is 0.127. The third kappa shape index (κ3) is 8.62. The Morgan fingerprint density at radius 3 is 1.83 bits per heavy atom. The third-order valence-electron chi connectivity index (χ3n) is 9.81. The second-order valence-corrected chi connectivity index (χ2v) is 14.2. The molecule has 64 heavy (non-hydrogen) atoms. The average molecular weight is 949 g/mol. The summed E-state index contributed by atoms with van der Waals surface area (Å²) in [5.74, 6) is -59.3. The van der Waals surface area contributed by atoms with E-state index in [0.717, 1.165) is 28.2 Å². The first kappa shape index (κ1) is 51.3. The highest BCUT2D eigenvalue weighted by Crippen LogP contribution is 2.64. The van der Waals surface area contributed by atoms with Crippen molar-refractivity contribution in [2.45, 2.75) is 81.7 Å². The van der Waals surface area contributed by atoms with Gasteiger partial charge in [-0.15, -0.1) is 0 Å². The predicted molar refractivity (Wildman–Crippen MR) is 192 cm³/mol. The van der Waals surface area contributed by atoms with Crippen molar-refractivity contribution in [1.29, 1.82) is 0 Å². The van der Waals surface area contributed by atoms with Crippen LogP contribution in [-0.2, 0) is 4.74 Å². The Morgan fingerprint density at radius 1 is 0.703 bits per heavy atom. The van der Waals surface area contributed by atoms with Crippen LogP contribution in [0.5, 0.6) is 0 Å². The molecule has 0 saturated heterocycles. The molecule has 0 unspecified atom stereocenters. The SMILES string of the molecule is CCNc1cc2oc3cc(=[NH+]CC)c(C)cc-3c(-c3ccc(C(=O)NCCOCCC(F)(F)C(F)(F)C(F)(F)C(F)(F)C(F)(F)C(F)(F)C(F)(F)C(F)(F)F)cc3C(=O)O)c2cc1C. The van der Waals surface area contributed by atoms with E-state index in [2.05, 4.69) is 20.4 Å². The predicted octanol–water partition coefficient (Wildman–Crippen LogP) is 9.10. The molecule has 8 nitrogen and oxygen atoms in total. The van der Waals surface area contributed by atoms with Gasteiger partial charge in [-0.05, 0) is 63.1 Å². The highest BCUT2D eigenvalue weighted by Gasteiger charge is 2.95. The molecule has 0 radical (unpaired) electrons. The summed E-state index contributed by atoms with van der Waals surface area (Å²) >= 11 is 0. The Labute approximate surface area is 349 Å². The van der Waals surface area contributed by atoms with Crippen LogP contribution in [0.4, 0.5) is 80.3 Å². The van der Waals surface area contributed by atoms with Crippen molar-refractivity contribution >= 4 is 28.5 Å².